The van der Waals surface area contributed by atoms with Crippen LogP contribution in [0.4, 0.5) is 9.18 Å². The highest BCUT2D eigenvalue weighted by Gasteiger charge is 2.50. The predicted octanol–water partition coefficient (Wildman–Crippen LogP) is 4.99. The Kier molecular flexibility index (Phi) is 7.13. The standard InChI is InChI=1S/C26H33FN4O4/c1-24(2,3)35-23(32)31-25-10-12-26(13-11-25,34-17-25)9-8-18-19(27)16-29-20-6-7-21(30-22(18)20)33-15-5-4-14-28/h6-7,16H,4-5,8-13,15,17H2,1-3H3,(H,31,32). The van der Waals surface area contributed by atoms with E-state index < -0.39 is 23.1 Å². The van der Waals surface area contributed by atoms with Crippen molar-refractivity contribution >= 4 is 17.1 Å². The number of aromatic nitrogens is 2. The van der Waals surface area contributed by atoms with Crippen LogP contribution in [0.2, 0.25) is 0 Å². The Labute approximate surface area is 205 Å². The van der Waals surface area contributed by atoms with Gasteiger partial charge in [0, 0.05) is 18.1 Å². The van der Waals surface area contributed by atoms with Crippen molar-refractivity contribution in [2.24, 2.45) is 0 Å². The first-order chi connectivity index (χ1) is 16.6. The van der Waals surface area contributed by atoms with Gasteiger partial charge in [-0.2, -0.15) is 5.26 Å². The number of fused-ring (bicyclic) bond motifs is 4. The molecule has 0 radical (unpaired) electrons. The molecule has 5 rings (SSSR count). The van der Waals surface area contributed by atoms with Crippen LogP contribution in [0.15, 0.2) is 18.3 Å². The molecule has 2 aromatic heterocycles. The number of rotatable bonds is 8. The summed E-state index contributed by atoms with van der Waals surface area (Å²) in [6.07, 6.45) is 6.11. The van der Waals surface area contributed by atoms with Gasteiger partial charge in [-0.3, -0.25) is 4.98 Å². The number of carbonyl (C=O) groups excluding carboxylic acids is 1. The fourth-order valence-electron chi connectivity index (χ4n) is 4.84. The number of ether oxygens (including phenoxy) is 3. The van der Waals surface area contributed by atoms with Crippen LogP contribution >= 0.6 is 0 Å². The van der Waals surface area contributed by atoms with E-state index in [0.717, 1.165) is 25.7 Å². The fourth-order valence-corrected chi connectivity index (χ4v) is 4.84. The molecule has 2 saturated heterocycles. The maximum atomic E-state index is 14.9. The third-order valence-corrected chi connectivity index (χ3v) is 6.79. The third-order valence-electron chi connectivity index (χ3n) is 6.79. The van der Waals surface area contributed by atoms with Crippen molar-refractivity contribution in [1.82, 2.24) is 15.3 Å². The van der Waals surface area contributed by atoms with Crippen molar-refractivity contribution in [2.45, 2.75) is 88.9 Å². The van der Waals surface area contributed by atoms with Crippen LogP contribution in [0, 0.1) is 17.1 Å². The van der Waals surface area contributed by atoms with E-state index in [1.807, 2.05) is 20.8 Å². The Morgan fingerprint density at radius 1 is 1.29 bits per heavy atom. The van der Waals surface area contributed by atoms with E-state index in [2.05, 4.69) is 21.4 Å². The molecule has 9 heteroatoms. The molecular formula is C26H33FN4O4. The lowest BCUT2D eigenvalue weighted by Gasteiger charge is -2.53. The van der Waals surface area contributed by atoms with Gasteiger partial charge >= 0.3 is 6.09 Å². The molecule has 0 unspecified atom stereocenters. The highest BCUT2D eigenvalue weighted by atomic mass is 19.1. The first-order valence-corrected chi connectivity index (χ1v) is 12.2. The van der Waals surface area contributed by atoms with E-state index in [1.165, 1.54) is 6.20 Å². The van der Waals surface area contributed by atoms with Crippen molar-refractivity contribution in [3.05, 3.63) is 29.7 Å². The first-order valence-electron chi connectivity index (χ1n) is 12.2. The number of hydrogen-bond donors (Lipinski definition) is 1. The normalized spacial score (nSPS) is 23.6. The van der Waals surface area contributed by atoms with Gasteiger partial charge < -0.3 is 19.5 Å². The summed E-state index contributed by atoms with van der Waals surface area (Å²) in [6.45, 7) is 6.32. The van der Waals surface area contributed by atoms with Crippen LogP contribution in [0.3, 0.4) is 0 Å². The predicted molar refractivity (Wildman–Crippen MR) is 127 cm³/mol. The SMILES string of the molecule is CC(C)(C)OC(=O)NC12CCC(CCc3c(F)cnc4ccc(OCCCC#N)nc34)(CC1)OC2. The molecule has 1 saturated carbocycles. The first kappa shape index (κ1) is 25.1. The number of carbonyl (C=O) groups is 1. The molecule has 0 spiro atoms. The van der Waals surface area contributed by atoms with E-state index in [-0.39, 0.29) is 5.60 Å². The highest BCUT2D eigenvalue weighted by Crippen LogP contribution is 2.46. The zero-order valence-electron chi connectivity index (χ0n) is 20.7. The molecule has 2 aromatic rings. The number of nitriles is 1. The van der Waals surface area contributed by atoms with E-state index >= 15 is 0 Å². The lowest BCUT2D eigenvalue weighted by atomic mass is 9.69. The van der Waals surface area contributed by atoms with Crippen molar-refractivity contribution in [1.29, 1.82) is 5.26 Å². The lowest BCUT2D eigenvalue weighted by Crippen LogP contribution is -2.63. The van der Waals surface area contributed by atoms with Crippen molar-refractivity contribution in [3.63, 3.8) is 0 Å². The summed E-state index contributed by atoms with van der Waals surface area (Å²) in [4.78, 5) is 21.0. The largest absolute Gasteiger partial charge is 0.478 e. The Hall–Kier alpha value is -2.99. The van der Waals surface area contributed by atoms with Gasteiger partial charge in [-0.25, -0.2) is 14.2 Å². The third kappa shape index (κ3) is 5.99. The molecule has 35 heavy (non-hydrogen) atoms. The summed E-state index contributed by atoms with van der Waals surface area (Å²) in [5, 5.41) is 11.7. The molecule has 4 heterocycles. The molecule has 1 N–H and O–H groups in total. The van der Waals surface area contributed by atoms with E-state index in [4.69, 9.17) is 19.5 Å². The van der Waals surface area contributed by atoms with Crippen LogP contribution < -0.4 is 10.1 Å². The summed E-state index contributed by atoms with van der Waals surface area (Å²) < 4.78 is 32.2. The molecule has 2 bridgehead atoms. The van der Waals surface area contributed by atoms with Crippen molar-refractivity contribution in [3.8, 4) is 11.9 Å². The Bertz CT molecular complexity index is 1100. The Balaban J connectivity index is 1.41. The molecule has 1 aliphatic carbocycles. The number of nitrogens with one attached hydrogen (secondary N) is 1. The second-order valence-corrected chi connectivity index (χ2v) is 10.6. The average molecular weight is 485 g/mol. The minimum absolute atomic E-state index is 0.342. The maximum Gasteiger partial charge on any atom is 0.408 e. The minimum atomic E-state index is -0.554. The van der Waals surface area contributed by atoms with E-state index in [0.29, 0.717) is 61.4 Å². The number of amides is 1. The summed E-state index contributed by atoms with van der Waals surface area (Å²) in [7, 11) is 0. The number of halogens is 1. The van der Waals surface area contributed by atoms with Gasteiger partial charge in [-0.05, 0) is 71.8 Å². The van der Waals surface area contributed by atoms with Gasteiger partial charge in [-0.15, -0.1) is 0 Å². The fraction of sp³-hybridized carbons (Fsp3) is 0.615. The number of nitrogens with zero attached hydrogens (tertiary/aromatic N) is 3. The van der Waals surface area contributed by atoms with Crippen LogP contribution in [0.5, 0.6) is 5.88 Å². The summed E-state index contributed by atoms with van der Waals surface area (Å²) >= 11 is 0. The number of aryl methyl sites for hydroxylation is 1. The molecule has 3 fully saturated rings. The van der Waals surface area contributed by atoms with Crippen molar-refractivity contribution in [2.75, 3.05) is 13.2 Å². The second kappa shape index (κ2) is 9.94. The van der Waals surface area contributed by atoms with E-state index in [9.17, 15) is 9.18 Å². The van der Waals surface area contributed by atoms with Gasteiger partial charge in [-0.1, -0.05) is 0 Å². The van der Waals surface area contributed by atoms with Gasteiger partial charge in [0.2, 0.25) is 5.88 Å². The number of unbranched alkanes of at least 4 members (excludes halogenated alkanes) is 1. The van der Waals surface area contributed by atoms with Crippen molar-refractivity contribution < 1.29 is 23.4 Å². The monoisotopic (exact) mass is 484 g/mol. The Morgan fingerprint density at radius 2 is 2.06 bits per heavy atom. The number of pyridine rings is 2. The molecule has 2 aliphatic heterocycles. The molecule has 188 valence electrons. The summed E-state index contributed by atoms with van der Waals surface area (Å²) in [6, 6.07) is 5.57. The minimum Gasteiger partial charge on any atom is -0.478 e. The zero-order valence-corrected chi connectivity index (χ0v) is 20.7. The summed E-state index contributed by atoms with van der Waals surface area (Å²) in [5.74, 6) is 0.00225. The van der Waals surface area contributed by atoms with Gasteiger partial charge in [0.05, 0.1) is 47.7 Å². The molecule has 8 nitrogen and oxygen atoms in total. The summed E-state index contributed by atoms with van der Waals surface area (Å²) in [5.41, 5.74) is 0.304. The quantitative estimate of drug-likeness (QED) is 0.526. The zero-order chi connectivity index (χ0) is 25.1. The lowest BCUT2D eigenvalue weighted by molar-refractivity contribution is -0.163. The molecule has 0 atom stereocenters. The van der Waals surface area contributed by atoms with Gasteiger partial charge in [0.1, 0.15) is 11.4 Å². The van der Waals surface area contributed by atoms with Crippen LogP contribution in [-0.2, 0) is 15.9 Å². The Morgan fingerprint density at radius 3 is 2.71 bits per heavy atom. The second-order valence-electron chi connectivity index (χ2n) is 10.6. The smallest absolute Gasteiger partial charge is 0.408 e. The topological polar surface area (TPSA) is 106 Å². The van der Waals surface area contributed by atoms with Gasteiger partial charge in [0.15, 0.2) is 0 Å². The van der Waals surface area contributed by atoms with E-state index in [1.54, 1.807) is 12.1 Å². The van der Waals surface area contributed by atoms with Crippen LogP contribution in [-0.4, -0.2) is 46.0 Å². The molecular weight excluding hydrogens is 451 g/mol. The van der Waals surface area contributed by atoms with Crippen LogP contribution in [0.25, 0.3) is 11.0 Å². The molecule has 3 aliphatic rings. The molecule has 0 aromatic carbocycles. The van der Waals surface area contributed by atoms with Crippen LogP contribution in [0.1, 0.15) is 71.3 Å². The maximum absolute atomic E-state index is 14.9. The number of hydrogen-bond acceptors (Lipinski definition) is 7. The van der Waals surface area contributed by atoms with Gasteiger partial charge in [0.25, 0.3) is 0 Å². The molecule has 1 amide bonds. The highest BCUT2D eigenvalue weighted by molar-refractivity contribution is 5.78. The average Bonchev–Trinajstić information content (AvgIpc) is 2.81. The number of alkyl carbamates (subject to hydrolysis) is 1.